The van der Waals surface area contributed by atoms with Gasteiger partial charge in [0.1, 0.15) is 0 Å². The molecule has 0 bridgehead atoms. The second kappa shape index (κ2) is 4.11. The molecule has 1 heterocycles. The van der Waals surface area contributed by atoms with Gasteiger partial charge in [-0.05, 0) is 30.4 Å². The molecule has 2 nitrogen and oxygen atoms in total. The number of aromatic nitrogens is 2. The number of nitrogens with zero attached hydrogens (tertiary/aromatic N) is 2. The van der Waals surface area contributed by atoms with Crippen molar-refractivity contribution >= 4 is 23.1 Å². The minimum Gasteiger partial charge on any atom is -0.292 e. The molecule has 0 radical (unpaired) electrons. The quantitative estimate of drug-likeness (QED) is 0.601. The summed E-state index contributed by atoms with van der Waals surface area (Å²) >= 11 is 5.31. The zero-order valence-corrected chi connectivity index (χ0v) is 9.89. The van der Waals surface area contributed by atoms with Crippen LogP contribution < -0.4 is 0 Å². The highest BCUT2D eigenvalue weighted by atomic mass is 32.1. The molecule has 0 atom stereocenters. The Labute approximate surface area is 104 Å². The minimum atomic E-state index is 0.579. The summed E-state index contributed by atoms with van der Waals surface area (Å²) < 4.78 is 2.51. The van der Waals surface area contributed by atoms with Gasteiger partial charge in [-0.15, -0.1) is 0 Å². The van der Waals surface area contributed by atoms with Crippen molar-refractivity contribution in [1.29, 1.82) is 0 Å². The highest BCUT2D eigenvalue weighted by Crippen LogP contribution is 2.14. The van der Waals surface area contributed by atoms with Crippen LogP contribution in [0.5, 0.6) is 0 Å². The van der Waals surface area contributed by atoms with E-state index in [1.165, 1.54) is 0 Å². The van der Waals surface area contributed by atoms with Gasteiger partial charge in [0.2, 0.25) is 4.77 Å². The van der Waals surface area contributed by atoms with Crippen LogP contribution in [-0.4, -0.2) is 9.55 Å². The summed E-state index contributed by atoms with van der Waals surface area (Å²) in [6, 6.07) is 18.0. The second-order valence-electron chi connectivity index (χ2n) is 3.79. The first-order valence-corrected chi connectivity index (χ1v) is 5.79. The van der Waals surface area contributed by atoms with Gasteiger partial charge >= 0.3 is 0 Å². The van der Waals surface area contributed by atoms with Crippen LogP contribution in [0.3, 0.4) is 0 Å². The Hall–Kier alpha value is -2.00. The maximum Gasteiger partial charge on any atom is 0.204 e. The lowest BCUT2D eigenvalue weighted by atomic mass is 10.2. The van der Waals surface area contributed by atoms with Crippen molar-refractivity contribution in [3.8, 4) is 5.69 Å². The van der Waals surface area contributed by atoms with E-state index in [0.717, 1.165) is 16.6 Å². The fourth-order valence-corrected chi connectivity index (χ4v) is 2.08. The highest BCUT2D eigenvalue weighted by Gasteiger charge is 2.00. The van der Waals surface area contributed by atoms with E-state index in [2.05, 4.69) is 4.98 Å². The van der Waals surface area contributed by atoms with Crippen molar-refractivity contribution in [1.82, 2.24) is 9.55 Å². The maximum absolute atomic E-state index is 5.31. The van der Waals surface area contributed by atoms with E-state index < -0.39 is 0 Å². The topological polar surface area (TPSA) is 17.8 Å². The fourth-order valence-electron chi connectivity index (χ4n) is 1.82. The third-order valence-corrected chi connectivity index (χ3v) is 2.95. The molecule has 1 aromatic heterocycles. The van der Waals surface area contributed by atoms with Gasteiger partial charge in [0.25, 0.3) is 0 Å². The first-order chi connectivity index (χ1) is 8.34. The summed E-state index contributed by atoms with van der Waals surface area (Å²) in [6.45, 7) is 0. The van der Waals surface area contributed by atoms with Gasteiger partial charge in [-0.25, -0.2) is 4.98 Å². The zero-order chi connectivity index (χ0) is 11.7. The van der Waals surface area contributed by atoms with Gasteiger partial charge in [0, 0.05) is 17.3 Å². The van der Waals surface area contributed by atoms with Crippen molar-refractivity contribution in [3.05, 3.63) is 65.6 Å². The molecule has 3 heteroatoms. The summed E-state index contributed by atoms with van der Waals surface area (Å²) in [7, 11) is 0. The zero-order valence-electron chi connectivity index (χ0n) is 9.08. The number of para-hydroxylation sites is 2. The minimum absolute atomic E-state index is 0.579. The molecular weight excluding hydrogens is 228 g/mol. The van der Waals surface area contributed by atoms with Gasteiger partial charge in [-0.3, -0.25) is 4.57 Å². The molecule has 0 fully saturated rings. The Kier molecular flexibility index (Phi) is 2.46. The van der Waals surface area contributed by atoms with E-state index >= 15 is 0 Å². The van der Waals surface area contributed by atoms with Gasteiger partial charge in [-0.1, -0.05) is 36.4 Å². The molecule has 0 spiro atoms. The highest BCUT2D eigenvalue weighted by molar-refractivity contribution is 7.71. The number of fused-ring (bicyclic) bond motifs is 1. The molecule has 0 saturated carbocycles. The summed E-state index contributed by atoms with van der Waals surface area (Å²) in [5.41, 5.74) is 1.97. The first kappa shape index (κ1) is 10.2. The van der Waals surface area contributed by atoms with Crippen LogP contribution in [0, 0.1) is 4.77 Å². The van der Waals surface area contributed by atoms with Crippen LogP contribution in [0.2, 0.25) is 0 Å². The molecule has 0 N–H and O–H groups in total. The Morgan fingerprint density at radius 2 is 1.59 bits per heavy atom. The van der Waals surface area contributed by atoms with Crippen LogP contribution in [0.25, 0.3) is 16.6 Å². The Balaban J connectivity index is 2.31. The molecule has 0 aliphatic heterocycles. The van der Waals surface area contributed by atoms with Crippen LogP contribution >= 0.6 is 12.2 Å². The van der Waals surface area contributed by atoms with E-state index in [9.17, 15) is 0 Å². The maximum atomic E-state index is 5.31. The summed E-state index contributed by atoms with van der Waals surface area (Å²) in [6.07, 6.45) is 2.03. The first-order valence-electron chi connectivity index (χ1n) is 5.38. The lowest BCUT2D eigenvalue weighted by molar-refractivity contribution is 0.982. The molecule has 0 unspecified atom stereocenters. The standard InChI is InChI=1S/C14H10N2S/c17-14-15-13-9-5-4-6-11(13)10-16(14)12-7-2-1-3-8-12/h1-10H. The van der Waals surface area contributed by atoms with Gasteiger partial charge in [0.15, 0.2) is 0 Å². The monoisotopic (exact) mass is 238 g/mol. The van der Waals surface area contributed by atoms with Crippen molar-refractivity contribution in [2.75, 3.05) is 0 Å². The van der Waals surface area contributed by atoms with E-state index in [4.69, 9.17) is 12.2 Å². The normalized spacial score (nSPS) is 10.6. The van der Waals surface area contributed by atoms with Crippen molar-refractivity contribution in [3.63, 3.8) is 0 Å². The third-order valence-electron chi connectivity index (χ3n) is 2.66. The molecule has 3 rings (SSSR count). The number of hydrogen-bond donors (Lipinski definition) is 0. The van der Waals surface area contributed by atoms with Crippen LogP contribution in [0.1, 0.15) is 0 Å². The number of benzene rings is 2. The van der Waals surface area contributed by atoms with Crippen LogP contribution in [0.4, 0.5) is 0 Å². The van der Waals surface area contributed by atoms with Gasteiger partial charge in [-0.2, -0.15) is 0 Å². The second-order valence-corrected chi connectivity index (χ2v) is 4.15. The lowest BCUT2D eigenvalue weighted by Crippen LogP contribution is -1.98. The number of hydrogen-bond acceptors (Lipinski definition) is 2. The lowest BCUT2D eigenvalue weighted by Gasteiger charge is -2.07. The molecule has 2 aromatic carbocycles. The van der Waals surface area contributed by atoms with Crippen molar-refractivity contribution < 1.29 is 0 Å². The molecule has 82 valence electrons. The van der Waals surface area contributed by atoms with Crippen molar-refractivity contribution in [2.24, 2.45) is 0 Å². The molecule has 17 heavy (non-hydrogen) atoms. The average molecular weight is 238 g/mol. The Morgan fingerprint density at radius 1 is 0.882 bits per heavy atom. The molecule has 0 aliphatic carbocycles. The largest absolute Gasteiger partial charge is 0.292 e. The third kappa shape index (κ3) is 1.85. The van der Waals surface area contributed by atoms with E-state index in [-0.39, 0.29) is 0 Å². The molecule has 0 saturated heterocycles. The van der Waals surface area contributed by atoms with Crippen molar-refractivity contribution in [2.45, 2.75) is 0 Å². The van der Waals surface area contributed by atoms with Gasteiger partial charge in [0.05, 0.1) is 5.52 Å². The summed E-state index contributed by atoms with van der Waals surface area (Å²) in [5.74, 6) is 0. The predicted octanol–water partition coefficient (Wildman–Crippen LogP) is 3.75. The molecule has 0 aliphatic rings. The number of rotatable bonds is 1. The summed E-state index contributed by atoms with van der Waals surface area (Å²) in [4.78, 5) is 4.43. The predicted molar refractivity (Wildman–Crippen MR) is 71.9 cm³/mol. The average Bonchev–Trinajstić information content (AvgIpc) is 2.39. The van der Waals surface area contributed by atoms with E-state index in [1.807, 2.05) is 65.4 Å². The Bertz CT molecular complexity index is 717. The van der Waals surface area contributed by atoms with Gasteiger partial charge < -0.3 is 0 Å². The SMILES string of the molecule is S=c1nc2ccccc2cn1-c1ccccc1. The Morgan fingerprint density at radius 3 is 2.41 bits per heavy atom. The molecule has 3 aromatic rings. The molecular formula is C14H10N2S. The summed E-state index contributed by atoms with van der Waals surface area (Å²) in [5, 5.41) is 1.09. The smallest absolute Gasteiger partial charge is 0.204 e. The molecule has 0 amide bonds. The fraction of sp³-hybridized carbons (Fsp3) is 0. The van der Waals surface area contributed by atoms with E-state index in [0.29, 0.717) is 4.77 Å². The van der Waals surface area contributed by atoms with Crippen LogP contribution in [-0.2, 0) is 0 Å². The van der Waals surface area contributed by atoms with Crippen LogP contribution in [0.15, 0.2) is 60.8 Å². The van der Waals surface area contributed by atoms with E-state index in [1.54, 1.807) is 0 Å².